The molecule has 0 saturated heterocycles. The summed E-state index contributed by atoms with van der Waals surface area (Å²) in [6, 6.07) is 14.6. The first-order valence-corrected chi connectivity index (χ1v) is 6.06. The molecule has 1 heterocycles. The summed E-state index contributed by atoms with van der Waals surface area (Å²) in [6.07, 6.45) is 0. The van der Waals surface area contributed by atoms with Crippen LogP contribution in [0.2, 0.25) is 0 Å². The quantitative estimate of drug-likeness (QED) is 0.666. The van der Waals surface area contributed by atoms with Crippen LogP contribution >= 0.6 is 15.9 Å². The predicted octanol–water partition coefficient (Wildman–Crippen LogP) is 4.74. The number of aromatic nitrogens is 1. The van der Waals surface area contributed by atoms with Crippen LogP contribution in [-0.2, 0) is 0 Å². The van der Waals surface area contributed by atoms with E-state index in [4.69, 9.17) is 0 Å². The molecule has 84 valence electrons. The van der Waals surface area contributed by atoms with Gasteiger partial charge in [0.1, 0.15) is 5.82 Å². The molecule has 1 N–H and O–H groups in total. The highest BCUT2D eigenvalue weighted by Crippen LogP contribution is 2.26. The lowest BCUT2D eigenvalue weighted by Crippen LogP contribution is -1.78. The molecular formula is C14H9BrFN. The zero-order chi connectivity index (χ0) is 11.8. The minimum atomic E-state index is -0.220. The van der Waals surface area contributed by atoms with Gasteiger partial charge in [0, 0.05) is 26.6 Å². The van der Waals surface area contributed by atoms with Crippen molar-refractivity contribution in [3.8, 4) is 11.3 Å². The first-order chi connectivity index (χ1) is 8.22. The van der Waals surface area contributed by atoms with Crippen LogP contribution in [0.1, 0.15) is 0 Å². The second-order valence-corrected chi connectivity index (χ2v) is 4.84. The molecule has 0 fully saturated rings. The number of aromatic amines is 1. The van der Waals surface area contributed by atoms with E-state index >= 15 is 0 Å². The SMILES string of the molecule is Fc1cccc(-c2cc3cc(Br)ccc3[nH]2)c1. The van der Waals surface area contributed by atoms with Gasteiger partial charge < -0.3 is 4.98 Å². The number of H-pyrrole nitrogens is 1. The minimum absolute atomic E-state index is 0.220. The highest BCUT2D eigenvalue weighted by molar-refractivity contribution is 9.10. The Kier molecular flexibility index (Phi) is 2.48. The van der Waals surface area contributed by atoms with Gasteiger partial charge >= 0.3 is 0 Å². The van der Waals surface area contributed by atoms with E-state index < -0.39 is 0 Å². The fraction of sp³-hybridized carbons (Fsp3) is 0. The van der Waals surface area contributed by atoms with Crippen molar-refractivity contribution in [1.82, 2.24) is 4.98 Å². The fourth-order valence-electron chi connectivity index (χ4n) is 1.92. The third kappa shape index (κ3) is 1.98. The van der Waals surface area contributed by atoms with Crippen LogP contribution in [0.4, 0.5) is 4.39 Å². The molecule has 0 radical (unpaired) electrons. The average molecular weight is 290 g/mol. The molecule has 0 bridgehead atoms. The van der Waals surface area contributed by atoms with Crippen LogP contribution in [-0.4, -0.2) is 4.98 Å². The predicted molar refractivity (Wildman–Crippen MR) is 71.4 cm³/mol. The Labute approximate surface area is 106 Å². The molecule has 1 nitrogen and oxygen atoms in total. The first kappa shape index (κ1) is 10.5. The van der Waals surface area contributed by atoms with Gasteiger partial charge in [-0.1, -0.05) is 28.1 Å². The number of fused-ring (bicyclic) bond motifs is 1. The molecule has 0 aliphatic carbocycles. The topological polar surface area (TPSA) is 15.8 Å². The highest BCUT2D eigenvalue weighted by atomic mass is 79.9. The lowest BCUT2D eigenvalue weighted by molar-refractivity contribution is 0.628. The van der Waals surface area contributed by atoms with Gasteiger partial charge in [0.2, 0.25) is 0 Å². The van der Waals surface area contributed by atoms with Gasteiger partial charge in [-0.15, -0.1) is 0 Å². The maximum absolute atomic E-state index is 13.2. The van der Waals surface area contributed by atoms with Gasteiger partial charge in [-0.25, -0.2) is 4.39 Å². The van der Waals surface area contributed by atoms with Crippen molar-refractivity contribution in [3.63, 3.8) is 0 Å². The molecule has 0 unspecified atom stereocenters. The van der Waals surface area contributed by atoms with Gasteiger partial charge in [-0.3, -0.25) is 0 Å². The van der Waals surface area contributed by atoms with E-state index in [1.165, 1.54) is 12.1 Å². The third-order valence-corrected chi connectivity index (χ3v) is 3.21. The number of halogens is 2. The summed E-state index contributed by atoms with van der Waals surface area (Å²) in [6.45, 7) is 0. The lowest BCUT2D eigenvalue weighted by atomic mass is 10.1. The van der Waals surface area contributed by atoms with E-state index in [9.17, 15) is 4.39 Å². The largest absolute Gasteiger partial charge is 0.355 e. The van der Waals surface area contributed by atoms with Crippen LogP contribution in [0.3, 0.4) is 0 Å². The Morgan fingerprint density at radius 3 is 2.71 bits per heavy atom. The molecule has 3 aromatic rings. The van der Waals surface area contributed by atoms with Gasteiger partial charge in [0.25, 0.3) is 0 Å². The molecule has 1 aromatic heterocycles. The summed E-state index contributed by atoms with van der Waals surface area (Å²) in [7, 11) is 0. The molecule has 0 aliphatic heterocycles. The van der Waals surface area contributed by atoms with Crippen LogP contribution in [0.5, 0.6) is 0 Å². The second kappa shape index (κ2) is 4.00. The maximum atomic E-state index is 13.2. The van der Waals surface area contributed by atoms with Crippen LogP contribution in [0, 0.1) is 5.82 Å². The van der Waals surface area contributed by atoms with E-state index in [0.717, 1.165) is 26.6 Å². The summed E-state index contributed by atoms with van der Waals surface area (Å²) < 4.78 is 14.2. The Hall–Kier alpha value is -1.61. The Morgan fingerprint density at radius 1 is 1.00 bits per heavy atom. The highest BCUT2D eigenvalue weighted by Gasteiger charge is 2.04. The first-order valence-electron chi connectivity index (χ1n) is 5.26. The zero-order valence-corrected chi connectivity index (χ0v) is 10.5. The summed E-state index contributed by atoms with van der Waals surface area (Å²) in [5, 5.41) is 1.11. The second-order valence-electron chi connectivity index (χ2n) is 3.92. The van der Waals surface area contributed by atoms with E-state index in [0.29, 0.717) is 0 Å². The molecule has 0 atom stereocenters. The van der Waals surface area contributed by atoms with Crippen molar-refractivity contribution in [1.29, 1.82) is 0 Å². The van der Waals surface area contributed by atoms with E-state index in [1.807, 2.05) is 30.3 Å². The summed E-state index contributed by atoms with van der Waals surface area (Å²) in [4.78, 5) is 3.28. The maximum Gasteiger partial charge on any atom is 0.123 e. The Bertz CT molecular complexity index is 688. The minimum Gasteiger partial charge on any atom is -0.355 e. The van der Waals surface area contributed by atoms with E-state index in [-0.39, 0.29) is 5.82 Å². The van der Waals surface area contributed by atoms with Crippen LogP contribution in [0.15, 0.2) is 53.0 Å². The molecule has 2 aromatic carbocycles. The monoisotopic (exact) mass is 289 g/mol. The third-order valence-electron chi connectivity index (χ3n) is 2.72. The average Bonchev–Trinajstić information content (AvgIpc) is 2.72. The summed E-state index contributed by atoms with van der Waals surface area (Å²) in [5.74, 6) is -0.220. The van der Waals surface area contributed by atoms with Crippen molar-refractivity contribution in [3.05, 3.63) is 58.8 Å². The van der Waals surface area contributed by atoms with Crippen molar-refractivity contribution in [2.75, 3.05) is 0 Å². The molecule has 0 spiro atoms. The molecule has 3 rings (SSSR count). The Morgan fingerprint density at radius 2 is 1.88 bits per heavy atom. The zero-order valence-electron chi connectivity index (χ0n) is 8.87. The van der Waals surface area contributed by atoms with E-state index in [1.54, 1.807) is 6.07 Å². The number of nitrogens with one attached hydrogen (secondary N) is 1. The van der Waals surface area contributed by atoms with Crippen molar-refractivity contribution in [2.45, 2.75) is 0 Å². The number of rotatable bonds is 1. The summed E-state index contributed by atoms with van der Waals surface area (Å²) in [5.41, 5.74) is 2.84. The van der Waals surface area contributed by atoms with Crippen molar-refractivity contribution in [2.24, 2.45) is 0 Å². The standard InChI is InChI=1S/C14H9BrFN/c15-11-4-5-13-10(6-11)8-14(17-13)9-2-1-3-12(16)7-9/h1-8,17H. The molecule has 17 heavy (non-hydrogen) atoms. The van der Waals surface area contributed by atoms with Gasteiger partial charge in [0.05, 0.1) is 0 Å². The molecule has 0 saturated carbocycles. The fourth-order valence-corrected chi connectivity index (χ4v) is 2.29. The summed E-state index contributed by atoms with van der Waals surface area (Å²) >= 11 is 3.44. The van der Waals surface area contributed by atoms with Crippen molar-refractivity contribution >= 4 is 26.8 Å². The van der Waals surface area contributed by atoms with Crippen LogP contribution in [0.25, 0.3) is 22.2 Å². The van der Waals surface area contributed by atoms with Crippen LogP contribution < -0.4 is 0 Å². The van der Waals surface area contributed by atoms with Crippen molar-refractivity contribution < 1.29 is 4.39 Å². The molecular weight excluding hydrogens is 281 g/mol. The van der Waals surface area contributed by atoms with Gasteiger partial charge in [0.15, 0.2) is 0 Å². The number of benzene rings is 2. The number of hydrogen-bond acceptors (Lipinski definition) is 0. The molecule has 0 aliphatic rings. The Balaban J connectivity index is 2.18. The molecule has 0 amide bonds. The molecule has 3 heteroatoms. The smallest absolute Gasteiger partial charge is 0.123 e. The van der Waals surface area contributed by atoms with Gasteiger partial charge in [-0.2, -0.15) is 0 Å². The lowest BCUT2D eigenvalue weighted by Gasteiger charge is -1.96. The van der Waals surface area contributed by atoms with E-state index in [2.05, 4.69) is 20.9 Å². The number of hydrogen-bond donors (Lipinski definition) is 1. The normalized spacial score (nSPS) is 10.9. The van der Waals surface area contributed by atoms with Gasteiger partial charge in [-0.05, 0) is 36.4 Å².